The molecule has 7 nitrogen and oxygen atoms in total. The van der Waals surface area contributed by atoms with Gasteiger partial charge in [0.25, 0.3) is 11.8 Å². The van der Waals surface area contributed by atoms with Gasteiger partial charge in [-0.15, -0.1) is 0 Å². The molecule has 0 spiro atoms. The summed E-state index contributed by atoms with van der Waals surface area (Å²) in [5.74, 6) is -0.817. The van der Waals surface area contributed by atoms with Crippen molar-refractivity contribution in [2.45, 2.75) is 12.8 Å². The lowest BCUT2D eigenvalue weighted by atomic mass is 10.2. The number of nitrogens with one attached hydrogen (secondary N) is 2. The van der Waals surface area contributed by atoms with Crippen LogP contribution >= 0.6 is 15.9 Å². The maximum atomic E-state index is 12.3. The van der Waals surface area contributed by atoms with E-state index in [0.29, 0.717) is 29.9 Å². The number of aromatic nitrogens is 1. The van der Waals surface area contributed by atoms with E-state index in [1.54, 1.807) is 53.0 Å². The van der Waals surface area contributed by atoms with Crippen molar-refractivity contribution in [2.75, 3.05) is 11.4 Å². The van der Waals surface area contributed by atoms with E-state index < -0.39 is 11.8 Å². The molecule has 3 rings (SSSR count). The lowest BCUT2D eigenvalue weighted by Gasteiger charge is -2.16. The predicted molar refractivity (Wildman–Crippen MR) is 96.1 cm³/mol. The largest absolute Gasteiger partial charge is 0.345 e. The molecule has 0 aliphatic carbocycles. The normalized spacial score (nSPS) is 13.8. The van der Waals surface area contributed by atoms with Crippen LogP contribution in [0.2, 0.25) is 0 Å². The van der Waals surface area contributed by atoms with Gasteiger partial charge in [0.1, 0.15) is 5.69 Å². The molecule has 3 amide bonds. The fourth-order valence-electron chi connectivity index (χ4n) is 2.74. The first-order chi connectivity index (χ1) is 12.0. The average molecular weight is 405 g/mol. The summed E-state index contributed by atoms with van der Waals surface area (Å²) in [6.07, 6.45) is 3.09. The number of carbonyl (C=O) groups excluding carboxylic acids is 3. The van der Waals surface area contributed by atoms with E-state index >= 15 is 0 Å². The van der Waals surface area contributed by atoms with E-state index in [-0.39, 0.29) is 5.91 Å². The molecule has 0 unspecified atom stereocenters. The van der Waals surface area contributed by atoms with Crippen molar-refractivity contribution in [3.05, 3.63) is 52.3 Å². The van der Waals surface area contributed by atoms with Gasteiger partial charge in [0.15, 0.2) is 0 Å². The Balaban J connectivity index is 1.66. The Labute approximate surface area is 153 Å². The summed E-state index contributed by atoms with van der Waals surface area (Å²) in [6, 6.07) is 8.43. The van der Waals surface area contributed by atoms with Crippen LogP contribution in [0.15, 0.2) is 41.0 Å². The summed E-state index contributed by atoms with van der Waals surface area (Å²) < 4.78 is 2.42. The highest BCUT2D eigenvalue weighted by Gasteiger charge is 2.22. The molecule has 1 aliphatic rings. The highest BCUT2D eigenvalue weighted by Crippen LogP contribution is 2.22. The van der Waals surface area contributed by atoms with Crippen LogP contribution in [0.25, 0.3) is 0 Å². The van der Waals surface area contributed by atoms with Crippen molar-refractivity contribution in [3.63, 3.8) is 0 Å². The molecule has 1 aromatic carbocycles. The van der Waals surface area contributed by atoms with Crippen LogP contribution in [0.1, 0.15) is 33.7 Å². The standard InChI is InChI=1S/C17H17BrN4O3/c1-21-10-12(18)9-14(21)17(25)20-19-16(24)11-4-2-5-13(8-11)22-7-3-6-15(22)23/h2,4-5,8-10H,3,6-7H2,1H3,(H,19,24)(H,20,25). The molecule has 0 radical (unpaired) electrons. The molecule has 2 heterocycles. The number of hydrogen-bond acceptors (Lipinski definition) is 3. The van der Waals surface area contributed by atoms with Gasteiger partial charge < -0.3 is 9.47 Å². The van der Waals surface area contributed by atoms with E-state index in [1.165, 1.54) is 0 Å². The zero-order chi connectivity index (χ0) is 18.0. The maximum absolute atomic E-state index is 12.3. The van der Waals surface area contributed by atoms with Crippen LogP contribution in [-0.2, 0) is 11.8 Å². The van der Waals surface area contributed by atoms with Gasteiger partial charge in [0, 0.05) is 41.9 Å². The second kappa shape index (κ2) is 7.10. The lowest BCUT2D eigenvalue weighted by Crippen LogP contribution is -2.42. The number of halogens is 1. The zero-order valence-corrected chi connectivity index (χ0v) is 15.2. The van der Waals surface area contributed by atoms with Gasteiger partial charge in [-0.05, 0) is 46.6 Å². The second-order valence-corrected chi connectivity index (χ2v) is 6.68. The molecule has 1 fully saturated rings. The molecular formula is C17H17BrN4O3. The van der Waals surface area contributed by atoms with Crippen molar-refractivity contribution in [1.82, 2.24) is 15.4 Å². The van der Waals surface area contributed by atoms with E-state index in [0.717, 1.165) is 10.9 Å². The first-order valence-electron chi connectivity index (χ1n) is 7.78. The Morgan fingerprint density at radius 2 is 1.92 bits per heavy atom. The highest BCUT2D eigenvalue weighted by atomic mass is 79.9. The number of benzene rings is 1. The van der Waals surface area contributed by atoms with E-state index in [9.17, 15) is 14.4 Å². The second-order valence-electron chi connectivity index (χ2n) is 5.76. The Kier molecular flexibility index (Phi) is 4.89. The lowest BCUT2D eigenvalue weighted by molar-refractivity contribution is -0.117. The summed E-state index contributed by atoms with van der Waals surface area (Å²) in [6.45, 7) is 0.656. The fourth-order valence-corrected chi connectivity index (χ4v) is 3.26. The molecule has 0 saturated carbocycles. The first-order valence-corrected chi connectivity index (χ1v) is 8.58. The van der Waals surface area contributed by atoms with Gasteiger partial charge in [0.2, 0.25) is 5.91 Å². The highest BCUT2D eigenvalue weighted by molar-refractivity contribution is 9.10. The Morgan fingerprint density at radius 3 is 2.56 bits per heavy atom. The van der Waals surface area contributed by atoms with Crippen molar-refractivity contribution >= 4 is 39.3 Å². The predicted octanol–water partition coefficient (Wildman–Crippen LogP) is 1.99. The maximum Gasteiger partial charge on any atom is 0.286 e. The SMILES string of the molecule is Cn1cc(Br)cc1C(=O)NNC(=O)c1cccc(N2CCCC2=O)c1. The third-order valence-corrected chi connectivity index (χ3v) is 4.42. The molecule has 2 aromatic rings. The van der Waals surface area contributed by atoms with Crippen LogP contribution in [0.3, 0.4) is 0 Å². The summed E-state index contributed by atoms with van der Waals surface area (Å²) in [5.41, 5.74) is 6.24. The van der Waals surface area contributed by atoms with E-state index in [1.807, 2.05) is 0 Å². The third kappa shape index (κ3) is 3.74. The summed E-state index contributed by atoms with van der Waals surface area (Å²) in [4.78, 5) is 37.9. The van der Waals surface area contributed by atoms with Crippen LogP contribution in [0, 0.1) is 0 Å². The number of rotatable bonds is 3. The zero-order valence-electron chi connectivity index (χ0n) is 13.6. The van der Waals surface area contributed by atoms with E-state index in [2.05, 4.69) is 26.8 Å². The first kappa shape index (κ1) is 17.2. The molecule has 1 saturated heterocycles. The monoisotopic (exact) mass is 404 g/mol. The van der Waals surface area contributed by atoms with E-state index in [4.69, 9.17) is 0 Å². The Bertz CT molecular complexity index is 846. The molecule has 0 bridgehead atoms. The summed E-state index contributed by atoms with van der Waals surface area (Å²) >= 11 is 3.29. The van der Waals surface area contributed by atoms with Gasteiger partial charge in [0.05, 0.1) is 0 Å². The number of aryl methyl sites for hydroxylation is 1. The van der Waals surface area contributed by atoms with Gasteiger partial charge in [-0.1, -0.05) is 6.07 Å². The molecule has 130 valence electrons. The number of hydrogen-bond donors (Lipinski definition) is 2. The minimum absolute atomic E-state index is 0.0557. The smallest absolute Gasteiger partial charge is 0.286 e. The Morgan fingerprint density at radius 1 is 1.16 bits per heavy atom. The van der Waals surface area contributed by atoms with Crippen molar-refractivity contribution in [3.8, 4) is 0 Å². The van der Waals surface area contributed by atoms with Crippen LogP contribution in [-0.4, -0.2) is 28.8 Å². The van der Waals surface area contributed by atoms with Gasteiger partial charge >= 0.3 is 0 Å². The third-order valence-electron chi connectivity index (χ3n) is 3.99. The van der Waals surface area contributed by atoms with Crippen LogP contribution < -0.4 is 15.8 Å². The molecule has 25 heavy (non-hydrogen) atoms. The molecule has 1 aliphatic heterocycles. The number of carbonyl (C=O) groups is 3. The number of anilines is 1. The summed E-state index contributed by atoms with van der Waals surface area (Å²) in [7, 11) is 1.73. The molecule has 0 atom stereocenters. The molecular weight excluding hydrogens is 388 g/mol. The van der Waals surface area contributed by atoms with Gasteiger partial charge in [-0.2, -0.15) is 0 Å². The molecule has 8 heteroatoms. The number of nitrogens with zero attached hydrogens (tertiary/aromatic N) is 2. The van der Waals surface area contributed by atoms with Crippen LogP contribution in [0.4, 0.5) is 5.69 Å². The average Bonchev–Trinajstić information content (AvgIpc) is 3.17. The Hall–Kier alpha value is -2.61. The van der Waals surface area contributed by atoms with Crippen molar-refractivity contribution in [2.24, 2.45) is 7.05 Å². The minimum Gasteiger partial charge on any atom is -0.345 e. The molecule has 1 aromatic heterocycles. The fraction of sp³-hybridized carbons (Fsp3) is 0.235. The summed E-state index contributed by atoms with van der Waals surface area (Å²) in [5, 5.41) is 0. The van der Waals surface area contributed by atoms with Gasteiger partial charge in [-0.3, -0.25) is 25.2 Å². The topological polar surface area (TPSA) is 83.4 Å². The quantitative estimate of drug-likeness (QED) is 0.767. The number of hydrazine groups is 1. The molecule has 2 N–H and O–H groups in total. The van der Waals surface area contributed by atoms with Crippen molar-refractivity contribution in [1.29, 1.82) is 0 Å². The van der Waals surface area contributed by atoms with Crippen LogP contribution in [0.5, 0.6) is 0 Å². The van der Waals surface area contributed by atoms with Crippen molar-refractivity contribution < 1.29 is 14.4 Å². The van der Waals surface area contributed by atoms with Gasteiger partial charge in [-0.25, -0.2) is 0 Å². The minimum atomic E-state index is -0.449. The number of amides is 3.